The molecular formula is C7H15NO2. The largest absolute Gasteiger partial charge is 0.481 e. The Bertz CT molecular complexity index is 112. The van der Waals surface area contributed by atoms with Crippen LogP contribution in [-0.4, -0.2) is 36.1 Å². The lowest BCUT2D eigenvalue weighted by molar-refractivity contribution is -0.137. The summed E-state index contributed by atoms with van der Waals surface area (Å²) in [7, 11) is 3.90. The van der Waals surface area contributed by atoms with Gasteiger partial charge in [-0.3, -0.25) is 4.79 Å². The van der Waals surface area contributed by atoms with Crippen LogP contribution in [0.15, 0.2) is 0 Å². The third-order valence-electron chi connectivity index (χ3n) is 1.66. The monoisotopic (exact) mass is 145 g/mol. The maximum atomic E-state index is 10.1. The molecule has 0 aromatic rings. The average Bonchev–Trinajstić information content (AvgIpc) is 1.82. The van der Waals surface area contributed by atoms with Crippen molar-refractivity contribution in [3.05, 3.63) is 0 Å². The van der Waals surface area contributed by atoms with Gasteiger partial charge in [0.15, 0.2) is 0 Å². The molecule has 0 aliphatic rings. The van der Waals surface area contributed by atoms with Gasteiger partial charge in [0.2, 0.25) is 0 Å². The van der Waals surface area contributed by atoms with Crippen molar-refractivity contribution in [3.63, 3.8) is 0 Å². The molecule has 0 fully saturated rings. The molecule has 0 aromatic carbocycles. The van der Waals surface area contributed by atoms with Gasteiger partial charge in [-0.15, -0.1) is 0 Å². The first-order valence-electron chi connectivity index (χ1n) is 3.42. The third-order valence-corrected chi connectivity index (χ3v) is 1.66. The molecule has 0 bridgehead atoms. The van der Waals surface area contributed by atoms with Crippen LogP contribution in [0.5, 0.6) is 0 Å². The van der Waals surface area contributed by atoms with Crippen molar-refractivity contribution in [2.45, 2.75) is 25.8 Å². The standard InChI is InChI=1S/C7H15NO2/c1-6(8(2)3)4-5-7(9)10/h6H,4-5H2,1-3H3,(H,9,10). The van der Waals surface area contributed by atoms with E-state index < -0.39 is 5.97 Å². The van der Waals surface area contributed by atoms with Crippen LogP contribution in [0.2, 0.25) is 0 Å². The maximum Gasteiger partial charge on any atom is 0.303 e. The predicted molar refractivity (Wildman–Crippen MR) is 40.0 cm³/mol. The van der Waals surface area contributed by atoms with E-state index >= 15 is 0 Å². The smallest absolute Gasteiger partial charge is 0.303 e. The average molecular weight is 145 g/mol. The van der Waals surface area contributed by atoms with Crippen LogP contribution in [0.4, 0.5) is 0 Å². The molecule has 0 aliphatic carbocycles. The van der Waals surface area contributed by atoms with E-state index in [1.54, 1.807) is 0 Å². The zero-order valence-corrected chi connectivity index (χ0v) is 6.79. The summed E-state index contributed by atoms with van der Waals surface area (Å²) in [4.78, 5) is 12.1. The highest BCUT2D eigenvalue weighted by molar-refractivity contribution is 5.66. The van der Waals surface area contributed by atoms with E-state index in [0.29, 0.717) is 6.04 Å². The van der Waals surface area contributed by atoms with Crippen LogP contribution >= 0.6 is 0 Å². The maximum absolute atomic E-state index is 10.1. The van der Waals surface area contributed by atoms with E-state index in [9.17, 15) is 4.79 Å². The Morgan fingerprint density at radius 1 is 1.60 bits per heavy atom. The SMILES string of the molecule is CC(CCC(=O)O)N(C)C. The fourth-order valence-corrected chi connectivity index (χ4v) is 0.591. The molecule has 0 spiro atoms. The minimum absolute atomic E-state index is 0.263. The summed E-state index contributed by atoms with van der Waals surface area (Å²) in [5, 5.41) is 8.33. The molecule has 0 saturated carbocycles. The van der Waals surface area contributed by atoms with E-state index in [1.165, 1.54) is 0 Å². The Morgan fingerprint density at radius 2 is 2.10 bits per heavy atom. The quantitative estimate of drug-likeness (QED) is 0.636. The summed E-state index contributed by atoms with van der Waals surface area (Å²) >= 11 is 0. The highest BCUT2D eigenvalue weighted by atomic mass is 16.4. The zero-order chi connectivity index (χ0) is 8.15. The molecular weight excluding hydrogens is 130 g/mol. The fourth-order valence-electron chi connectivity index (χ4n) is 0.591. The lowest BCUT2D eigenvalue weighted by Crippen LogP contribution is -2.25. The summed E-state index contributed by atoms with van der Waals surface area (Å²) in [6.07, 6.45) is 0.988. The second kappa shape index (κ2) is 4.28. The van der Waals surface area contributed by atoms with E-state index in [1.807, 2.05) is 25.9 Å². The van der Waals surface area contributed by atoms with E-state index in [4.69, 9.17) is 5.11 Å². The Labute approximate surface area is 61.6 Å². The molecule has 1 atom stereocenters. The molecule has 0 aromatic heterocycles. The van der Waals surface area contributed by atoms with Crippen molar-refractivity contribution in [1.82, 2.24) is 4.90 Å². The summed E-state index contributed by atoms with van der Waals surface area (Å²) in [6.45, 7) is 2.02. The molecule has 3 heteroatoms. The predicted octanol–water partition coefficient (Wildman–Crippen LogP) is 0.801. The second-order valence-electron chi connectivity index (χ2n) is 2.75. The molecule has 0 amide bonds. The second-order valence-corrected chi connectivity index (χ2v) is 2.75. The normalized spacial score (nSPS) is 13.6. The van der Waals surface area contributed by atoms with Gasteiger partial charge in [-0.2, -0.15) is 0 Å². The number of hydrogen-bond acceptors (Lipinski definition) is 2. The zero-order valence-electron chi connectivity index (χ0n) is 6.79. The van der Waals surface area contributed by atoms with Crippen LogP contribution in [0.1, 0.15) is 19.8 Å². The molecule has 3 nitrogen and oxygen atoms in total. The van der Waals surface area contributed by atoms with Crippen molar-refractivity contribution >= 4 is 5.97 Å². The first-order valence-corrected chi connectivity index (χ1v) is 3.42. The van der Waals surface area contributed by atoms with Gasteiger partial charge in [-0.1, -0.05) is 0 Å². The fraction of sp³-hybridized carbons (Fsp3) is 0.857. The van der Waals surface area contributed by atoms with Crippen LogP contribution in [0.25, 0.3) is 0 Å². The molecule has 0 aliphatic heterocycles. The highest BCUT2D eigenvalue weighted by Crippen LogP contribution is 2.00. The number of carboxylic acids is 1. The number of carbonyl (C=O) groups is 1. The van der Waals surface area contributed by atoms with Gasteiger partial charge in [-0.05, 0) is 27.4 Å². The minimum atomic E-state index is -0.714. The first kappa shape index (κ1) is 9.43. The van der Waals surface area contributed by atoms with Gasteiger partial charge < -0.3 is 10.0 Å². The van der Waals surface area contributed by atoms with Crippen molar-refractivity contribution in [2.24, 2.45) is 0 Å². The van der Waals surface area contributed by atoms with Crippen LogP contribution in [0.3, 0.4) is 0 Å². The topological polar surface area (TPSA) is 40.5 Å². The van der Waals surface area contributed by atoms with E-state index in [-0.39, 0.29) is 6.42 Å². The van der Waals surface area contributed by atoms with Gasteiger partial charge in [0.05, 0.1) is 0 Å². The lowest BCUT2D eigenvalue weighted by atomic mass is 10.2. The number of aliphatic carboxylic acids is 1. The number of nitrogens with zero attached hydrogens (tertiary/aromatic N) is 1. The first-order chi connectivity index (χ1) is 4.54. The third kappa shape index (κ3) is 4.32. The number of rotatable bonds is 4. The van der Waals surface area contributed by atoms with Crippen LogP contribution in [-0.2, 0) is 4.79 Å². The highest BCUT2D eigenvalue weighted by Gasteiger charge is 2.05. The van der Waals surface area contributed by atoms with Gasteiger partial charge >= 0.3 is 5.97 Å². The summed E-state index contributed by atoms with van der Waals surface area (Å²) in [5.74, 6) is -0.714. The van der Waals surface area contributed by atoms with E-state index in [0.717, 1.165) is 6.42 Å². The molecule has 1 unspecified atom stereocenters. The molecule has 1 N–H and O–H groups in total. The summed E-state index contributed by atoms with van der Waals surface area (Å²) in [5.41, 5.74) is 0. The molecule has 0 heterocycles. The Kier molecular flexibility index (Phi) is 4.03. The van der Waals surface area contributed by atoms with Crippen LogP contribution < -0.4 is 0 Å². The Morgan fingerprint density at radius 3 is 2.40 bits per heavy atom. The molecule has 10 heavy (non-hydrogen) atoms. The van der Waals surface area contributed by atoms with Crippen LogP contribution in [0, 0.1) is 0 Å². The van der Waals surface area contributed by atoms with Gasteiger partial charge in [0, 0.05) is 12.5 Å². The Hall–Kier alpha value is -0.570. The van der Waals surface area contributed by atoms with Gasteiger partial charge in [-0.25, -0.2) is 0 Å². The number of carboxylic acid groups (broad SMARTS) is 1. The van der Waals surface area contributed by atoms with Crippen molar-refractivity contribution < 1.29 is 9.90 Å². The van der Waals surface area contributed by atoms with Gasteiger partial charge in [0.25, 0.3) is 0 Å². The summed E-state index contributed by atoms with van der Waals surface area (Å²) < 4.78 is 0. The van der Waals surface area contributed by atoms with Crippen molar-refractivity contribution in [3.8, 4) is 0 Å². The lowest BCUT2D eigenvalue weighted by Gasteiger charge is -2.18. The van der Waals surface area contributed by atoms with Crippen molar-refractivity contribution in [1.29, 1.82) is 0 Å². The van der Waals surface area contributed by atoms with Crippen molar-refractivity contribution in [2.75, 3.05) is 14.1 Å². The minimum Gasteiger partial charge on any atom is -0.481 e. The molecule has 0 saturated heterocycles. The van der Waals surface area contributed by atoms with Gasteiger partial charge in [0.1, 0.15) is 0 Å². The number of hydrogen-bond donors (Lipinski definition) is 1. The molecule has 0 radical (unpaired) electrons. The summed E-state index contributed by atoms with van der Waals surface area (Å²) in [6, 6.07) is 0.357. The molecule has 60 valence electrons. The molecule has 0 rings (SSSR count). The van der Waals surface area contributed by atoms with E-state index in [2.05, 4.69) is 0 Å². The Balaban J connectivity index is 3.39.